The van der Waals surface area contributed by atoms with Gasteiger partial charge in [0.1, 0.15) is 0 Å². The molecule has 1 aromatic rings. The summed E-state index contributed by atoms with van der Waals surface area (Å²) in [6, 6.07) is 6.65. The predicted molar refractivity (Wildman–Crippen MR) is 73.5 cm³/mol. The van der Waals surface area contributed by atoms with Crippen LogP contribution in [-0.4, -0.2) is 0 Å². The van der Waals surface area contributed by atoms with E-state index in [0.717, 1.165) is 0 Å². The van der Waals surface area contributed by atoms with Gasteiger partial charge in [-0.3, -0.25) is 0 Å². The maximum Gasteiger partial charge on any atom is 0 e. The van der Waals surface area contributed by atoms with Crippen molar-refractivity contribution in [1.29, 1.82) is 0 Å². The van der Waals surface area contributed by atoms with E-state index in [-0.39, 0.29) is 19.5 Å². The first kappa shape index (κ1) is 16.1. The van der Waals surface area contributed by atoms with E-state index in [0.29, 0.717) is 0 Å². The molecule has 0 aliphatic carbocycles. The van der Waals surface area contributed by atoms with Crippen LogP contribution in [0.4, 0.5) is 0 Å². The maximum absolute atomic E-state index is 2.22. The molecule has 0 aliphatic heterocycles. The van der Waals surface area contributed by atoms with Crippen LogP contribution in [0.5, 0.6) is 0 Å². The quantitative estimate of drug-likeness (QED) is 0.553. The molecule has 1 rings (SSSR count). The van der Waals surface area contributed by atoms with Crippen molar-refractivity contribution in [2.75, 3.05) is 0 Å². The smallest absolute Gasteiger partial charge is 0 e. The molecule has 0 spiro atoms. The summed E-state index contributed by atoms with van der Waals surface area (Å²) in [5, 5.41) is 0. The van der Waals surface area contributed by atoms with Crippen molar-refractivity contribution >= 4 is 5.57 Å². The number of rotatable bonds is 3. The van der Waals surface area contributed by atoms with Gasteiger partial charge in [-0.1, -0.05) is 59.7 Å². The second-order valence-corrected chi connectivity index (χ2v) is 4.01. The van der Waals surface area contributed by atoms with Crippen LogP contribution in [0.2, 0.25) is 0 Å². The number of hydrogen-bond donors (Lipinski definition) is 0. The molecule has 1 heteroatoms. The van der Waals surface area contributed by atoms with Crippen LogP contribution in [0.1, 0.15) is 30.5 Å². The van der Waals surface area contributed by atoms with Crippen LogP contribution in [0, 0.1) is 13.8 Å². The summed E-state index contributed by atoms with van der Waals surface area (Å²) >= 11 is 0. The van der Waals surface area contributed by atoms with Gasteiger partial charge in [-0.2, -0.15) is 0 Å². The molecule has 0 nitrogen and oxygen atoms in total. The van der Waals surface area contributed by atoms with Crippen molar-refractivity contribution < 1.29 is 19.5 Å². The van der Waals surface area contributed by atoms with Crippen molar-refractivity contribution in [2.24, 2.45) is 0 Å². The maximum atomic E-state index is 2.22. The Morgan fingerprint density at radius 1 is 0.941 bits per heavy atom. The summed E-state index contributed by atoms with van der Waals surface area (Å²) in [7, 11) is 0. The average Bonchev–Trinajstić information content (AvgIpc) is 2.23. The van der Waals surface area contributed by atoms with Gasteiger partial charge in [-0.15, -0.1) is 0 Å². The van der Waals surface area contributed by atoms with Crippen molar-refractivity contribution in [3.05, 3.63) is 65.3 Å². The summed E-state index contributed by atoms with van der Waals surface area (Å²) in [6.45, 7) is 8.38. The van der Waals surface area contributed by atoms with Crippen LogP contribution in [0.25, 0.3) is 5.57 Å². The Balaban J connectivity index is 0.00000256. The van der Waals surface area contributed by atoms with Gasteiger partial charge in [-0.25, -0.2) is 0 Å². The first-order chi connectivity index (χ1) is 7.67. The van der Waals surface area contributed by atoms with Gasteiger partial charge in [0.05, 0.1) is 0 Å². The molecule has 0 unspecified atom stereocenters. The fourth-order valence-corrected chi connectivity index (χ4v) is 1.77. The molecule has 1 radical (unpaired) electrons. The van der Waals surface area contributed by atoms with Gasteiger partial charge in [0.15, 0.2) is 0 Å². The molecule has 0 heterocycles. The number of benzene rings is 1. The van der Waals surface area contributed by atoms with Gasteiger partial charge in [0.25, 0.3) is 0 Å². The molecule has 0 aliphatic rings. The topological polar surface area (TPSA) is 0 Å². The molecule has 0 saturated heterocycles. The van der Waals surface area contributed by atoms with Crippen LogP contribution in [0.15, 0.2) is 48.6 Å². The van der Waals surface area contributed by atoms with Gasteiger partial charge < -0.3 is 0 Å². The predicted octanol–water partition coefficient (Wildman–Crippen LogP) is 4.84. The summed E-state index contributed by atoms with van der Waals surface area (Å²) in [4.78, 5) is 0. The standard InChI is InChI=1S/C16H20.Rh/c1-5-7-8-9-15(6-2)16-11-13(3)10-14(4)12-16;/h5-12H,1-4H3;/b7-5-,9-8-,15-6+;. The number of aryl methyl sites for hydroxylation is 2. The molecule has 0 saturated carbocycles. The molecule has 0 fully saturated rings. The second-order valence-electron chi connectivity index (χ2n) is 4.01. The van der Waals surface area contributed by atoms with Gasteiger partial charge >= 0.3 is 0 Å². The Morgan fingerprint density at radius 3 is 2.00 bits per heavy atom. The van der Waals surface area contributed by atoms with E-state index in [1.165, 1.54) is 22.3 Å². The van der Waals surface area contributed by atoms with E-state index < -0.39 is 0 Å². The van der Waals surface area contributed by atoms with Crippen LogP contribution < -0.4 is 0 Å². The molecule has 17 heavy (non-hydrogen) atoms. The summed E-state index contributed by atoms with van der Waals surface area (Å²) in [5.74, 6) is 0. The van der Waals surface area contributed by atoms with E-state index in [9.17, 15) is 0 Å². The molecule has 93 valence electrons. The fourth-order valence-electron chi connectivity index (χ4n) is 1.77. The minimum absolute atomic E-state index is 0. The third kappa shape index (κ3) is 5.28. The van der Waals surface area contributed by atoms with Crippen LogP contribution >= 0.6 is 0 Å². The zero-order valence-electron chi connectivity index (χ0n) is 11.0. The number of allylic oxidation sites excluding steroid dienone is 6. The van der Waals surface area contributed by atoms with E-state index >= 15 is 0 Å². The summed E-state index contributed by atoms with van der Waals surface area (Å²) < 4.78 is 0. The first-order valence-electron chi connectivity index (χ1n) is 5.71. The normalized spacial score (nSPS) is 12.1. The molecule has 0 aromatic heterocycles. The Morgan fingerprint density at radius 2 is 1.53 bits per heavy atom. The third-order valence-corrected chi connectivity index (χ3v) is 2.45. The molecule has 0 bridgehead atoms. The van der Waals surface area contributed by atoms with E-state index in [2.05, 4.69) is 57.2 Å². The summed E-state index contributed by atoms with van der Waals surface area (Å²) in [6.07, 6.45) is 10.5. The second kappa shape index (κ2) is 8.20. The van der Waals surface area contributed by atoms with Crippen molar-refractivity contribution in [1.82, 2.24) is 0 Å². The first-order valence-corrected chi connectivity index (χ1v) is 5.71. The van der Waals surface area contributed by atoms with Crippen LogP contribution in [0.3, 0.4) is 0 Å². The molecule has 1 aromatic carbocycles. The van der Waals surface area contributed by atoms with E-state index in [1.807, 2.05) is 19.1 Å². The average molecular weight is 315 g/mol. The zero-order valence-corrected chi connectivity index (χ0v) is 12.6. The molecular formula is C16H20Rh. The Kier molecular flexibility index (Phi) is 7.75. The van der Waals surface area contributed by atoms with Crippen LogP contribution in [-0.2, 0) is 19.5 Å². The van der Waals surface area contributed by atoms with Gasteiger partial charge in [-0.05, 0) is 38.8 Å². The van der Waals surface area contributed by atoms with Gasteiger partial charge in [0, 0.05) is 19.5 Å². The Bertz CT molecular complexity index is 417. The van der Waals surface area contributed by atoms with Crippen molar-refractivity contribution in [3.8, 4) is 0 Å². The fraction of sp³-hybridized carbons (Fsp3) is 0.250. The van der Waals surface area contributed by atoms with Gasteiger partial charge in [0.2, 0.25) is 0 Å². The zero-order chi connectivity index (χ0) is 12.0. The molecule has 0 N–H and O–H groups in total. The third-order valence-electron chi connectivity index (χ3n) is 2.45. The minimum atomic E-state index is 0. The molecule has 0 atom stereocenters. The minimum Gasteiger partial charge on any atom is -0.0877 e. The van der Waals surface area contributed by atoms with E-state index in [1.54, 1.807) is 0 Å². The molecular weight excluding hydrogens is 295 g/mol. The van der Waals surface area contributed by atoms with E-state index in [4.69, 9.17) is 0 Å². The Labute approximate surface area is 118 Å². The van der Waals surface area contributed by atoms with Crippen molar-refractivity contribution in [2.45, 2.75) is 27.7 Å². The molecule has 0 amide bonds. The largest absolute Gasteiger partial charge is 0.0877 e. The van der Waals surface area contributed by atoms with Crippen molar-refractivity contribution in [3.63, 3.8) is 0 Å². The monoisotopic (exact) mass is 315 g/mol. The Hall–Kier alpha value is -0.937. The summed E-state index contributed by atoms with van der Waals surface area (Å²) in [5.41, 5.74) is 5.19. The number of hydrogen-bond acceptors (Lipinski definition) is 0. The SMILES string of the molecule is C\C=C/C=C\C(=C/C)c1cc(C)cc(C)c1.[Rh].